The van der Waals surface area contributed by atoms with Crippen molar-refractivity contribution < 1.29 is 14.3 Å². The summed E-state index contributed by atoms with van der Waals surface area (Å²) >= 11 is 0. The van der Waals surface area contributed by atoms with Crippen molar-refractivity contribution in [3.8, 4) is 0 Å². The van der Waals surface area contributed by atoms with Crippen molar-refractivity contribution >= 4 is 5.91 Å². The fourth-order valence-corrected chi connectivity index (χ4v) is 1.28. The quantitative estimate of drug-likeness (QED) is 0.817. The second-order valence-corrected chi connectivity index (χ2v) is 4.01. The number of aliphatic hydroxyl groups is 1. The predicted octanol–water partition coefficient (Wildman–Crippen LogP) is 1.57. The second-order valence-electron chi connectivity index (χ2n) is 4.01. The van der Waals surface area contributed by atoms with Gasteiger partial charge < -0.3 is 10.4 Å². The average Bonchev–Trinajstić information content (AvgIpc) is 2.26. The lowest BCUT2D eigenvalue weighted by Crippen LogP contribution is -2.41. The van der Waals surface area contributed by atoms with Gasteiger partial charge in [0.15, 0.2) is 0 Å². The number of halogens is 1. The highest BCUT2D eigenvalue weighted by atomic mass is 19.1. The van der Waals surface area contributed by atoms with Crippen molar-refractivity contribution in [3.05, 3.63) is 35.6 Å². The Morgan fingerprint density at radius 1 is 1.38 bits per heavy atom. The molecule has 0 unspecified atom stereocenters. The van der Waals surface area contributed by atoms with Crippen LogP contribution in [0.4, 0.5) is 4.39 Å². The summed E-state index contributed by atoms with van der Waals surface area (Å²) in [5.41, 5.74) is 0.389. The van der Waals surface area contributed by atoms with Crippen LogP contribution in [0.25, 0.3) is 0 Å². The van der Waals surface area contributed by atoms with Gasteiger partial charge in [-0.1, -0.05) is 13.8 Å². The van der Waals surface area contributed by atoms with Crippen molar-refractivity contribution in [1.82, 2.24) is 5.32 Å². The van der Waals surface area contributed by atoms with E-state index in [0.717, 1.165) is 0 Å². The Kier molecular flexibility index (Phi) is 4.43. The first-order valence-electron chi connectivity index (χ1n) is 5.22. The maximum absolute atomic E-state index is 12.6. The van der Waals surface area contributed by atoms with Crippen LogP contribution >= 0.6 is 0 Å². The van der Waals surface area contributed by atoms with Gasteiger partial charge in [0.2, 0.25) is 0 Å². The number of hydrogen-bond acceptors (Lipinski definition) is 2. The van der Waals surface area contributed by atoms with Gasteiger partial charge in [-0.2, -0.15) is 0 Å². The molecule has 0 saturated carbocycles. The molecule has 0 aliphatic carbocycles. The number of rotatable bonds is 4. The summed E-state index contributed by atoms with van der Waals surface area (Å²) in [5.74, 6) is -0.527. The minimum absolute atomic E-state index is 0.107. The van der Waals surface area contributed by atoms with Crippen LogP contribution in [0.15, 0.2) is 24.3 Å². The van der Waals surface area contributed by atoms with Crippen LogP contribution in [0.3, 0.4) is 0 Å². The minimum atomic E-state index is -0.376. The van der Waals surface area contributed by atoms with Crippen LogP contribution in [-0.4, -0.2) is 23.7 Å². The summed E-state index contributed by atoms with van der Waals surface area (Å²) in [6.07, 6.45) is 0. The Bertz CT molecular complexity index is 349. The molecule has 1 rings (SSSR count). The number of aliphatic hydroxyl groups excluding tert-OH is 1. The van der Waals surface area contributed by atoms with E-state index < -0.39 is 0 Å². The van der Waals surface area contributed by atoms with Gasteiger partial charge in [-0.25, -0.2) is 4.39 Å². The lowest BCUT2D eigenvalue weighted by Gasteiger charge is -2.19. The zero-order valence-corrected chi connectivity index (χ0v) is 9.40. The topological polar surface area (TPSA) is 49.3 Å². The van der Waals surface area contributed by atoms with Crippen LogP contribution in [0.2, 0.25) is 0 Å². The first-order chi connectivity index (χ1) is 7.54. The molecule has 0 aliphatic heterocycles. The fourth-order valence-electron chi connectivity index (χ4n) is 1.28. The van der Waals surface area contributed by atoms with Crippen LogP contribution in [-0.2, 0) is 0 Å². The number of amides is 1. The van der Waals surface area contributed by atoms with E-state index in [1.54, 1.807) is 0 Å². The lowest BCUT2D eigenvalue weighted by atomic mass is 10.0. The summed E-state index contributed by atoms with van der Waals surface area (Å²) in [7, 11) is 0. The number of carbonyl (C=O) groups excluding carboxylic acids is 1. The minimum Gasteiger partial charge on any atom is -0.394 e. The first-order valence-corrected chi connectivity index (χ1v) is 5.22. The highest BCUT2D eigenvalue weighted by Gasteiger charge is 2.15. The summed E-state index contributed by atoms with van der Waals surface area (Å²) < 4.78 is 12.6. The molecule has 0 aromatic heterocycles. The van der Waals surface area contributed by atoms with Gasteiger partial charge in [0.1, 0.15) is 5.82 Å². The Morgan fingerprint density at radius 3 is 2.38 bits per heavy atom. The van der Waals surface area contributed by atoms with Crippen LogP contribution < -0.4 is 5.32 Å². The third-order valence-electron chi connectivity index (χ3n) is 2.42. The fraction of sp³-hybridized carbons (Fsp3) is 0.417. The number of nitrogens with one attached hydrogen (secondary N) is 1. The van der Waals surface area contributed by atoms with E-state index in [4.69, 9.17) is 5.11 Å². The largest absolute Gasteiger partial charge is 0.394 e. The number of hydrogen-bond donors (Lipinski definition) is 2. The molecule has 2 N–H and O–H groups in total. The van der Waals surface area contributed by atoms with Gasteiger partial charge in [-0.05, 0) is 30.2 Å². The van der Waals surface area contributed by atoms with Crippen molar-refractivity contribution in [2.75, 3.05) is 6.61 Å². The summed E-state index contributed by atoms with van der Waals surface area (Å²) in [5, 5.41) is 11.8. The van der Waals surface area contributed by atoms with Crippen LogP contribution in [0.5, 0.6) is 0 Å². The van der Waals surface area contributed by atoms with Crippen molar-refractivity contribution in [3.63, 3.8) is 0 Å². The molecule has 0 spiro atoms. The molecule has 16 heavy (non-hydrogen) atoms. The summed E-state index contributed by atoms with van der Waals surface area (Å²) in [6, 6.07) is 5.02. The van der Waals surface area contributed by atoms with E-state index in [9.17, 15) is 9.18 Å². The molecule has 1 amide bonds. The van der Waals surface area contributed by atoms with Gasteiger partial charge in [0.25, 0.3) is 5.91 Å². The van der Waals surface area contributed by atoms with Gasteiger partial charge in [0.05, 0.1) is 12.6 Å². The van der Waals surface area contributed by atoms with Gasteiger partial charge in [-0.15, -0.1) is 0 Å². The van der Waals surface area contributed by atoms with Crippen LogP contribution in [0.1, 0.15) is 24.2 Å². The molecule has 88 valence electrons. The smallest absolute Gasteiger partial charge is 0.251 e. The lowest BCUT2D eigenvalue weighted by molar-refractivity contribution is 0.0897. The molecule has 1 aromatic rings. The number of carbonyl (C=O) groups is 1. The summed E-state index contributed by atoms with van der Waals surface area (Å²) in [6.45, 7) is 3.71. The van der Waals surface area contributed by atoms with Crippen molar-refractivity contribution in [1.29, 1.82) is 0 Å². The Balaban J connectivity index is 2.68. The molecule has 3 nitrogen and oxygen atoms in total. The zero-order valence-electron chi connectivity index (χ0n) is 9.40. The van der Waals surface area contributed by atoms with E-state index in [-0.39, 0.29) is 30.3 Å². The van der Waals surface area contributed by atoms with E-state index in [1.807, 2.05) is 13.8 Å². The zero-order chi connectivity index (χ0) is 12.1. The van der Waals surface area contributed by atoms with Gasteiger partial charge in [0, 0.05) is 5.56 Å². The average molecular weight is 225 g/mol. The van der Waals surface area contributed by atoms with E-state index in [1.165, 1.54) is 24.3 Å². The number of benzene rings is 1. The molecule has 0 bridgehead atoms. The standard InChI is InChI=1S/C12H16FNO2/c1-8(2)11(7-15)14-12(16)9-3-5-10(13)6-4-9/h3-6,8,11,15H,7H2,1-2H3,(H,14,16)/t11-/m1/s1. The van der Waals surface area contributed by atoms with Crippen molar-refractivity contribution in [2.45, 2.75) is 19.9 Å². The molecule has 0 aliphatic rings. The molecule has 0 heterocycles. The highest BCUT2D eigenvalue weighted by molar-refractivity contribution is 5.94. The first kappa shape index (κ1) is 12.6. The third kappa shape index (κ3) is 3.31. The van der Waals surface area contributed by atoms with Gasteiger partial charge >= 0.3 is 0 Å². The van der Waals surface area contributed by atoms with Crippen LogP contribution in [0, 0.1) is 11.7 Å². The molecule has 4 heteroatoms. The molecular weight excluding hydrogens is 209 g/mol. The molecular formula is C12H16FNO2. The second kappa shape index (κ2) is 5.61. The van der Waals surface area contributed by atoms with E-state index >= 15 is 0 Å². The maximum atomic E-state index is 12.6. The Hall–Kier alpha value is -1.42. The molecule has 0 saturated heterocycles. The van der Waals surface area contributed by atoms with E-state index in [0.29, 0.717) is 5.56 Å². The Morgan fingerprint density at radius 2 is 1.94 bits per heavy atom. The van der Waals surface area contributed by atoms with Crippen molar-refractivity contribution in [2.24, 2.45) is 5.92 Å². The molecule has 1 aromatic carbocycles. The van der Waals surface area contributed by atoms with E-state index in [2.05, 4.69) is 5.32 Å². The van der Waals surface area contributed by atoms with Gasteiger partial charge in [-0.3, -0.25) is 4.79 Å². The summed E-state index contributed by atoms with van der Waals surface area (Å²) in [4.78, 5) is 11.7. The predicted molar refractivity (Wildman–Crippen MR) is 59.6 cm³/mol. The normalized spacial score (nSPS) is 12.6. The Labute approximate surface area is 94.3 Å². The molecule has 0 fully saturated rings. The molecule has 1 atom stereocenters. The highest BCUT2D eigenvalue weighted by Crippen LogP contribution is 2.05. The SMILES string of the molecule is CC(C)[C@@H](CO)NC(=O)c1ccc(F)cc1. The monoisotopic (exact) mass is 225 g/mol. The molecule has 0 radical (unpaired) electrons. The third-order valence-corrected chi connectivity index (χ3v) is 2.42. The maximum Gasteiger partial charge on any atom is 0.251 e.